The van der Waals surface area contributed by atoms with Crippen molar-refractivity contribution in [2.24, 2.45) is 0 Å². The third-order valence-corrected chi connectivity index (χ3v) is 2.00. The van der Waals surface area contributed by atoms with E-state index in [1.807, 2.05) is 30.3 Å². The van der Waals surface area contributed by atoms with Gasteiger partial charge in [0.05, 0.1) is 6.42 Å². The fraction of sp³-hybridized carbons (Fsp3) is 0.300. The molecule has 1 aliphatic heterocycles. The van der Waals surface area contributed by atoms with Crippen molar-refractivity contribution < 1.29 is 9.53 Å². The monoisotopic (exact) mass is 162 g/mol. The Hall–Kier alpha value is -1.31. The van der Waals surface area contributed by atoms with Gasteiger partial charge in [0.2, 0.25) is 0 Å². The average molecular weight is 162 g/mol. The van der Waals surface area contributed by atoms with Gasteiger partial charge in [0.15, 0.2) is 0 Å². The highest BCUT2D eigenvalue weighted by atomic mass is 16.6. The van der Waals surface area contributed by atoms with E-state index in [1.165, 1.54) is 5.56 Å². The Bertz CT molecular complexity index is 271. The lowest BCUT2D eigenvalue weighted by Crippen LogP contribution is -2.34. The van der Waals surface area contributed by atoms with Crippen LogP contribution in [0.3, 0.4) is 0 Å². The minimum Gasteiger partial charge on any atom is -0.461 e. The molecule has 1 unspecified atom stereocenters. The number of ether oxygens (including phenoxy) is 1. The van der Waals surface area contributed by atoms with Gasteiger partial charge in [0, 0.05) is 6.42 Å². The van der Waals surface area contributed by atoms with Gasteiger partial charge in [-0.15, -0.1) is 0 Å². The van der Waals surface area contributed by atoms with Crippen LogP contribution in [-0.2, 0) is 16.0 Å². The highest BCUT2D eigenvalue weighted by Gasteiger charge is 2.27. The van der Waals surface area contributed by atoms with Crippen molar-refractivity contribution >= 4 is 5.97 Å². The zero-order valence-corrected chi connectivity index (χ0v) is 6.69. The predicted molar refractivity (Wildman–Crippen MR) is 44.6 cm³/mol. The molecule has 1 saturated heterocycles. The van der Waals surface area contributed by atoms with E-state index in [2.05, 4.69) is 0 Å². The summed E-state index contributed by atoms with van der Waals surface area (Å²) in [4.78, 5) is 10.5. The van der Waals surface area contributed by atoms with E-state index in [0.717, 1.165) is 6.42 Å². The van der Waals surface area contributed by atoms with Crippen LogP contribution < -0.4 is 0 Å². The van der Waals surface area contributed by atoms with Crippen molar-refractivity contribution in [2.75, 3.05) is 0 Å². The second kappa shape index (κ2) is 2.97. The van der Waals surface area contributed by atoms with Crippen LogP contribution in [0, 0.1) is 0 Å². The van der Waals surface area contributed by atoms with E-state index < -0.39 is 0 Å². The first-order valence-electron chi connectivity index (χ1n) is 4.08. The number of rotatable bonds is 2. The van der Waals surface area contributed by atoms with Crippen LogP contribution in [0.5, 0.6) is 0 Å². The fourth-order valence-corrected chi connectivity index (χ4v) is 1.35. The Labute approximate surface area is 71.2 Å². The van der Waals surface area contributed by atoms with Gasteiger partial charge in [0.25, 0.3) is 0 Å². The first-order chi connectivity index (χ1) is 5.84. The van der Waals surface area contributed by atoms with Crippen molar-refractivity contribution in [1.29, 1.82) is 0 Å². The summed E-state index contributed by atoms with van der Waals surface area (Å²) in [5.74, 6) is -0.0732. The molecule has 0 aromatic heterocycles. The Morgan fingerprint density at radius 1 is 1.33 bits per heavy atom. The van der Waals surface area contributed by atoms with Gasteiger partial charge >= 0.3 is 5.97 Å². The molecule has 0 radical (unpaired) electrons. The lowest BCUT2D eigenvalue weighted by atomic mass is 10.0. The molecule has 1 atom stereocenters. The molecule has 0 aliphatic carbocycles. The molecule has 0 N–H and O–H groups in total. The van der Waals surface area contributed by atoms with Gasteiger partial charge < -0.3 is 4.74 Å². The number of carbonyl (C=O) groups excluding carboxylic acids is 1. The van der Waals surface area contributed by atoms with Crippen LogP contribution in [-0.4, -0.2) is 12.1 Å². The van der Waals surface area contributed by atoms with E-state index in [-0.39, 0.29) is 12.1 Å². The zero-order chi connectivity index (χ0) is 8.39. The second-order valence-corrected chi connectivity index (χ2v) is 3.01. The summed E-state index contributed by atoms with van der Waals surface area (Å²) in [6.07, 6.45) is 1.56. The molecule has 0 spiro atoms. The first kappa shape index (κ1) is 7.35. The quantitative estimate of drug-likeness (QED) is 0.616. The molecule has 1 aromatic carbocycles. The Morgan fingerprint density at radius 2 is 2.00 bits per heavy atom. The van der Waals surface area contributed by atoms with Gasteiger partial charge in [-0.2, -0.15) is 0 Å². The predicted octanol–water partition coefficient (Wildman–Crippen LogP) is 1.54. The molecule has 1 heterocycles. The number of hydrogen-bond donors (Lipinski definition) is 0. The lowest BCUT2D eigenvalue weighted by Gasteiger charge is -2.25. The van der Waals surface area contributed by atoms with Gasteiger partial charge in [-0.05, 0) is 5.56 Å². The third-order valence-electron chi connectivity index (χ3n) is 2.00. The summed E-state index contributed by atoms with van der Waals surface area (Å²) in [7, 11) is 0. The van der Waals surface area contributed by atoms with Crippen molar-refractivity contribution in [2.45, 2.75) is 18.9 Å². The summed E-state index contributed by atoms with van der Waals surface area (Å²) in [5, 5.41) is 0. The highest BCUT2D eigenvalue weighted by Crippen LogP contribution is 2.17. The van der Waals surface area contributed by atoms with Crippen LogP contribution in [0.1, 0.15) is 12.0 Å². The summed E-state index contributed by atoms with van der Waals surface area (Å²) < 4.78 is 4.90. The van der Waals surface area contributed by atoms with Crippen molar-refractivity contribution in [3.05, 3.63) is 35.9 Å². The van der Waals surface area contributed by atoms with Crippen LogP contribution in [0.4, 0.5) is 0 Å². The van der Waals surface area contributed by atoms with Crippen molar-refractivity contribution in [1.82, 2.24) is 0 Å². The van der Waals surface area contributed by atoms with E-state index in [4.69, 9.17) is 4.74 Å². The third kappa shape index (κ3) is 1.47. The van der Waals surface area contributed by atoms with Crippen molar-refractivity contribution in [3.8, 4) is 0 Å². The van der Waals surface area contributed by atoms with Gasteiger partial charge in [-0.1, -0.05) is 30.3 Å². The van der Waals surface area contributed by atoms with Gasteiger partial charge in [0.1, 0.15) is 6.10 Å². The topological polar surface area (TPSA) is 26.3 Å². The maximum Gasteiger partial charge on any atom is 0.309 e. The maximum atomic E-state index is 10.5. The highest BCUT2D eigenvalue weighted by molar-refractivity contribution is 5.75. The molecule has 0 saturated carbocycles. The molecule has 2 heteroatoms. The molecule has 1 aliphatic rings. The minimum atomic E-state index is -0.0732. The summed E-state index contributed by atoms with van der Waals surface area (Å²) >= 11 is 0. The number of benzene rings is 1. The summed E-state index contributed by atoms with van der Waals surface area (Å²) in [6.45, 7) is 0. The van der Waals surface area contributed by atoms with E-state index >= 15 is 0 Å². The second-order valence-electron chi connectivity index (χ2n) is 3.01. The smallest absolute Gasteiger partial charge is 0.309 e. The normalized spacial score (nSPS) is 21.3. The molecular formula is C10H10O2. The fourth-order valence-electron chi connectivity index (χ4n) is 1.35. The number of carbonyl (C=O) groups is 1. The zero-order valence-electron chi connectivity index (χ0n) is 6.69. The van der Waals surface area contributed by atoms with E-state index in [1.54, 1.807) is 0 Å². The molecule has 0 amide bonds. The molecular weight excluding hydrogens is 152 g/mol. The number of esters is 1. The maximum absolute atomic E-state index is 10.5. The molecule has 62 valence electrons. The Morgan fingerprint density at radius 3 is 2.58 bits per heavy atom. The number of hydrogen-bond acceptors (Lipinski definition) is 2. The van der Waals surface area contributed by atoms with Crippen LogP contribution in [0.2, 0.25) is 0 Å². The van der Waals surface area contributed by atoms with Crippen LogP contribution in [0.25, 0.3) is 0 Å². The standard InChI is InChI=1S/C10H10O2/c11-10-7-9(12-10)6-8-4-2-1-3-5-8/h1-5,9H,6-7H2. The molecule has 2 rings (SSSR count). The molecule has 12 heavy (non-hydrogen) atoms. The summed E-state index contributed by atoms with van der Waals surface area (Å²) in [6, 6.07) is 10.1. The molecule has 1 fully saturated rings. The van der Waals surface area contributed by atoms with Crippen LogP contribution in [0.15, 0.2) is 30.3 Å². The number of cyclic esters (lactones) is 1. The molecule has 1 aromatic rings. The van der Waals surface area contributed by atoms with Crippen LogP contribution >= 0.6 is 0 Å². The van der Waals surface area contributed by atoms with Gasteiger partial charge in [-0.3, -0.25) is 4.79 Å². The molecule has 0 bridgehead atoms. The van der Waals surface area contributed by atoms with Gasteiger partial charge in [-0.25, -0.2) is 0 Å². The Balaban J connectivity index is 1.92. The first-order valence-corrected chi connectivity index (χ1v) is 4.08. The average Bonchev–Trinajstić information content (AvgIpc) is 2.04. The summed E-state index contributed by atoms with van der Waals surface area (Å²) in [5.41, 5.74) is 1.23. The van der Waals surface area contributed by atoms with E-state index in [0.29, 0.717) is 6.42 Å². The largest absolute Gasteiger partial charge is 0.461 e. The van der Waals surface area contributed by atoms with Crippen molar-refractivity contribution in [3.63, 3.8) is 0 Å². The molecule has 2 nitrogen and oxygen atoms in total. The van der Waals surface area contributed by atoms with E-state index in [9.17, 15) is 4.79 Å². The lowest BCUT2D eigenvalue weighted by molar-refractivity contribution is -0.169. The SMILES string of the molecule is O=C1CC(Cc2ccccc2)O1. The Kier molecular flexibility index (Phi) is 1.82. The minimum absolute atomic E-state index is 0.0732.